The van der Waals surface area contributed by atoms with Gasteiger partial charge in [0.1, 0.15) is 10.7 Å². The Morgan fingerprint density at radius 1 is 1.02 bits per heavy atom. The molecule has 3 aliphatic rings. The van der Waals surface area contributed by atoms with Crippen molar-refractivity contribution in [1.82, 2.24) is 4.98 Å². The number of thiophene rings is 1. The highest BCUT2D eigenvalue weighted by Gasteiger charge is 2.45. The molecule has 11 heteroatoms. The first-order valence-electron chi connectivity index (χ1n) is 15.3. The number of esters is 1. The number of nitrogens with zero attached hydrogens (tertiary/aromatic N) is 3. The number of hydrogen-bond acceptors (Lipinski definition) is 8. The van der Waals surface area contributed by atoms with Gasteiger partial charge >= 0.3 is 5.97 Å². The molecule has 5 heterocycles. The van der Waals surface area contributed by atoms with E-state index >= 15 is 4.39 Å². The van der Waals surface area contributed by atoms with Crippen LogP contribution in [0.2, 0.25) is 0 Å². The average Bonchev–Trinajstić information content (AvgIpc) is 3.29. The summed E-state index contributed by atoms with van der Waals surface area (Å²) in [5, 5.41) is 2.97. The molecule has 1 N–H and O–H groups in total. The van der Waals surface area contributed by atoms with Gasteiger partial charge in [-0.1, -0.05) is 18.2 Å². The fraction of sp³-hybridized carbons (Fsp3) is 0.314. The summed E-state index contributed by atoms with van der Waals surface area (Å²) in [5.74, 6) is -1.15. The van der Waals surface area contributed by atoms with Crippen LogP contribution in [0.4, 0.5) is 21.6 Å². The van der Waals surface area contributed by atoms with Crippen molar-refractivity contribution in [2.75, 3.05) is 55.1 Å². The molecule has 2 aromatic carbocycles. The molecule has 236 valence electrons. The van der Waals surface area contributed by atoms with Crippen LogP contribution in [0.15, 0.2) is 60.7 Å². The second kappa shape index (κ2) is 12.0. The normalized spacial score (nSPS) is 16.6. The number of amides is 2. The van der Waals surface area contributed by atoms with Crippen LogP contribution in [-0.4, -0.2) is 62.7 Å². The number of carbonyl (C=O) groups excluding carboxylic acids is 3. The quantitative estimate of drug-likeness (QED) is 0.263. The van der Waals surface area contributed by atoms with Crippen LogP contribution in [0, 0.1) is 18.2 Å². The van der Waals surface area contributed by atoms with Crippen LogP contribution in [0.3, 0.4) is 0 Å². The van der Waals surface area contributed by atoms with E-state index in [0.29, 0.717) is 44.3 Å². The Hall–Kier alpha value is -4.61. The smallest absolute Gasteiger partial charge is 0.351 e. The largest absolute Gasteiger partial charge is 0.465 e. The van der Waals surface area contributed by atoms with Gasteiger partial charge in [-0.25, -0.2) is 14.2 Å². The topological polar surface area (TPSA) is 101 Å². The molecule has 3 aliphatic heterocycles. The fourth-order valence-corrected chi connectivity index (χ4v) is 7.79. The molecule has 0 atom stereocenters. The van der Waals surface area contributed by atoms with Crippen molar-refractivity contribution in [2.24, 2.45) is 5.41 Å². The third-order valence-corrected chi connectivity index (χ3v) is 10.4. The Kier molecular flexibility index (Phi) is 7.82. The van der Waals surface area contributed by atoms with E-state index in [4.69, 9.17) is 14.5 Å². The summed E-state index contributed by atoms with van der Waals surface area (Å²) in [5.41, 5.74) is 4.27. The van der Waals surface area contributed by atoms with Crippen LogP contribution in [0.1, 0.15) is 54.5 Å². The molecule has 0 unspecified atom stereocenters. The Labute approximate surface area is 270 Å². The number of aryl methyl sites for hydroxylation is 1. The Morgan fingerprint density at radius 2 is 1.76 bits per heavy atom. The Balaban J connectivity index is 1.08. The van der Waals surface area contributed by atoms with Crippen LogP contribution in [0.5, 0.6) is 0 Å². The van der Waals surface area contributed by atoms with Crippen LogP contribution in [0.25, 0.3) is 10.4 Å². The van der Waals surface area contributed by atoms with Gasteiger partial charge in [0.15, 0.2) is 5.82 Å². The van der Waals surface area contributed by atoms with E-state index in [9.17, 15) is 14.4 Å². The number of methoxy groups -OCH3 is 1. The van der Waals surface area contributed by atoms with Gasteiger partial charge in [0, 0.05) is 71.2 Å². The van der Waals surface area contributed by atoms with Gasteiger partial charge in [-0.05, 0) is 68.7 Å². The predicted molar refractivity (Wildman–Crippen MR) is 175 cm³/mol. The van der Waals surface area contributed by atoms with Crippen LogP contribution < -0.4 is 15.1 Å². The average molecular weight is 641 g/mol. The molecular formula is C35H33FN4O5S. The van der Waals surface area contributed by atoms with Gasteiger partial charge in [0.2, 0.25) is 0 Å². The lowest BCUT2D eigenvalue weighted by molar-refractivity contribution is -0.000520. The number of anilines is 3. The number of fused-ring (bicyclic) bond motifs is 3. The highest BCUT2D eigenvalue weighted by atomic mass is 32.1. The zero-order chi connectivity index (χ0) is 32.0. The summed E-state index contributed by atoms with van der Waals surface area (Å²) in [7, 11) is 1.23. The zero-order valence-corrected chi connectivity index (χ0v) is 26.4. The van der Waals surface area contributed by atoms with Gasteiger partial charge < -0.3 is 24.6 Å². The first-order chi connectivity index (χ1) is 22.3. The SMILES string of the molecule is COC(=O)c1sc2c(c1F)CCN(C(=O)c1ccc(NC(=O)c3ccc(C)nc3N3CC4(CCOCC4)C3)cc1)c1ccccc1-2. The molecule has 0 bridgehead atoms. The van der Waals surface area contributed by atoms with Crippen molar-refractivity contribution in [3.63, 3.8) is 0 Å². The highest BCUT2D eigenvalue weighted by Crippen LogP contribution is 2.44. The molecule has 1 spiro atoms. The summed E-state index contributed by atoms with van der Waals surface area (Å²) < 4.78 is 25.6. The number of benzene rings is 2. The lowest BCUT2D eigenvalue weighted by atomic mass is 9.73. The highest BCUT2D eigenvalue weighted by molar-refractivity contribution is 7.17. The molecule has 46 heavy (non-hydrogen) atoms. The van der Waals surface area contributed by atoms with E-state index in [1.165, 1.54) is 7.11 Å². The van der Waals surface area contributed by atoms with Gasteiger partial charge in [-0.15, -0.1) is 11.3 Å². The van der Waals surface area contributed by atoms with E-state index in [1.54, 1.807) is 29.2 Å². The fourth-order valence-electron chi connectivity index (χ4n) is 6.61. The molecular weight excluding hydrogens is 607 g/mol. The first kappa shape index (κ1) is 30.1. The van der Waals surface area contributed by atoms with E-state index in [1.807, 2.05) is 43.3 Å². The van der Waals surface area contributed by atoms with Gasteiger partial charge in [0.05, 0.1) is 18.4 Å². The van der Waals surface area contributed by atoms with E-state index < -0.39 is 11.8 Å². The molecule has 4 aromatic rings. The third-order valence-electron chi connectivity index (χ3n) is 9.14. The third kappa shape index (κ3) is 5.33. The maximum absolute atomic E-state index is 15.3. The van der Waals surface area contributed by atoms with Crippen molar-refractivity contribution in [1.29, 1.82) is 0 Å². The Morgan fingerprint density at radius 3 is 2.50 bits per heavy atom. The van der Waals surface area contributed by atoms with Crippen molar-refractivity contribution < 1.29 is 28.2 Å². The second-order valence-electron chi connectivity index (χ2n) is 12.1. The summed E-state index contributed by atoms with van der Waals surface area (Å²) in [6.45, 7) is 5.41. The van der Waals surface area contributed by atoms with E-state index in [0.717, 1.165) is 56.2 Å². The monoisotopic (exact) mass is 640 g/mol. The standard InChI is InChI=1S/C35H33FN4O5S/c1-21-7-12-26(31(37-21)39-19-35(20-39)14-17-45-18-15-35)32(41)38-23-10-8-22(9-11-23)33(42)40-16-13-25-28(36)30(34(43)44-2)46-29(25)24-5-3-4-6-27(24)40/h3-12H,13-20H2,1-2H3,(H,38,41). The molecule has 0 saturated carbocycles. The van der Waals surface area contributed by atoms with Gasteiger partial charge in [0.25, 0.3) is 11.8 Å². The van der Waals surface area contributed by atoms with Gasteiger partial charge in [-0.2, -0.15) is 0 Å². The van der Waals surface area contributed by atoms with E-state index in [-0.39, 0.29) is 35.1 Å². The number of aromatic nitrogens is 1. The minimum atomic E-state index is -0.716. The minimum Gasteiger partial charge on any atom is -0.465 e. The molecule has 7 rings (SSSR count). The lowest BCUT2D eigenvalue weighted by Gasteiger charge is -2.53. The summed E-state index contributed by atoms with van der Waals surface area (Å²) in [6, 6.07) is 17.7. The first-order valence-corrected chi connectivity index (χ1v) is 16.1. The molecule has 2 fully saturated rings. The molecule has 2 amide bonds. The van der Waals surface area contributed by atoms with Gasteiger partial charge in [-0.3, -0.25) is 9.59 Å². The maximum Gasteiger partial charge on any atom is 0.351 e. The Bertz CT molecular complexity index is 1840. The number of para-hydroxylation sites is 1. The second-order valence-corrected chi connectivity index (χ2v) is 13.1. The number of hydrogen-bond donors (Lipinski definition) is 1. The van der Waals surface area contributed by atoms with Crippen molar-refractivity contribution >= 4 is 46.3 Å². The summed E-state index contributed by atoms with van der Waals surface area (Å²) in [6.07, 6.45) is 2.28. The molecule has 2 aromatic heterocycles. The molecule has 2 saturated heterocycles. The maximum atomic E-state index is 15.3. The number of halogens is 1. The van der Waals surface area contributed by atoms with Crippen LogP contribution in [-0.2, 0) is 15.9 Å². The van der Waals surface area contributed by atoms with Crippen molar-refractivity contribution in [3.05, 3.63) is 93.7 Å². The number of rotatable bonds is 5. The van der Waals surface area contributed by atoms with Crippen molar-refractivity contribution in [3.8, 4) is 10.4 Å². The number of nitrogens with one attached hydrogen (secondary N) is 1. The molecule has 9 nitrogen and oxygen atoms in total. The summed E-state index contributed by atoms with van der Waals surface area (Å²) >= 11 is 1.04. The number of pyridine rings is 1. The predicted octanol–water partition coefficient (Wildman–Crippen LogP) is 6.12. The van der Waals surface area contributed by atoms with Crippen LogP contribution >= 0.6 is 11.3 Å². The minimum absolute atomic E-state index is 0.0682. The number of ether oxygens (including phenoxy) is 2. The van der Waals surface area contributed by atoms with Crippen molar-refractivity contribution in [2.45, 2.75) is 26.2 Å². The summed E-state index contributed by atoms with van der Waals surface area (Å²) in [4.78, 5) is 48.5. The zero-order valence-electron chi connectivity index (χ0n) is 25.6. The molecule has 0 aliphatic carbocycles. The lowest BCUT2D eigenvalue weighted by Crippen LogP contribution is -2.59. The van der Waals surface area contributed by atoms with E-state index in [2.05, 4.69) is 10.2 Å². The number of carbonyl (C=O) groups is 3. The molecule has 0 radical (unpaired) electrons.